The van der Waals surface area contributed by atoms with Crippen LogP contribution in [0.5, 0.6) is 5.75 Å². The van der Waals surface area contributed by atoms with Gasteiger partial charge >= 0.3 is 0 Å². The molecule has 0 bridgehead atoms. The minimum atomic E-state index is -2.20. The Hall–Kier alpha value is -2.05. The first-order valence-corrected chi connectivity index (χ1v) is 14.4. The van der Waals surface area contributed by atoms with Crippen molar-refractivity contribution in [1.29, 1.82) is 0 Å². The lowest BCUT2D eigenvalue weighted by Gasteiger charge is -2.23. The maximum Gasteiger partial charge on any atom is 0.268 e. The molecule has 0 fully saturated rings. The molecule has 8 heteroatoms. The van der Waals surface area contributed by atoms with Crippen molar-refractivity contribution in [3.63, 3.8) is 0 Å². The number of ether oxygens (including phenoxy) is 2. The van der Waals surface area contributed by atoms with Crippen molar-refractivity contribution in [2.75, 3.05) is 6.23 Å². The Labute approximate surface area is 194 Å². The Morgan fingerprint density at radius 2 is 1.55 bits per heavy atom. The van der Waals surface area contributed by atoms with Gasteiger partial charge in [-0.25, -0.2) is 0 Å². The van der Waals surface area contributed by atoms with Crippen LogP contribution in [0.3, 0.4) is 0 Å². The van der Waals surface area contributed by atoms with Crippen LogP contribution in [0.15, 0.2) is 71.2 Å². The van der Waals surface area contributed by atoms with E-state index >= 15 is 0 Å². The van der Waals surface area contributed by atoms with E-state index in [1.54, 1.807) is 12.1 Å². The zero-order chi connectivity index (χ0) is 22.4. The summed E-state index contributed by atoms with van der Waals surface area (Å²) in [7, 11) is 0.474. The van der Waals surface area contributed by atoms with E-state index in [0.29, 0.717) is 19.4 Å². The monoisotopic (exact) mass is 517 g/mol. The van der Waals surface area contributed by atoms with Gasteiger partial charge in [0, 0.05) is 15.7 Å². The van der Waals surface area contributed by atoms with Crippen LogP contribution < -0.4 is 15.2 Å². The largest absolute Gasteiger partial charge is 0.497 e. The molecule has 0 saturated carbocycles. The summed E-state index contributed by atoms with van der Waals surface area (Å²) >= 11 is 3.43. The molecule has 1 atom stereocenters. The molecule has 0 aliphatic heterocycles. The predicted molar refractivity (Wildman–Crippen MR) is 134 cm³/mol. The van der Waals surface area contributed by atoms with Gasteiger partial charge in [0.2, 0.25) is 0 Å². The molecule has 1 unspecified atom stereocenters. The van der Waals surface area contributed by atoms with Gasteiger partial charge in [0.25, 0.3) is 5.69 Å². The van der Waals surface area contributed by atoms with Gasteiger partial charge in [-0.2, -0.15) is 0 Å². The van der Waals surface area contributed by atoms with Crippen LogP contribution in [0.1, 0.15) is 11.1 Å². The summed E-state index contributed by atoms with van der Waals surface area (Å²) in [4.78, 5) is 11.1. The molecular formula is C23H25BrNO4PSi. The van der Waals surface area contributed by atoms with E-state index in [4.69, 9.17) is 9.47 Å². The highest BCUT2D eigenvalue weighted by Crippen LogP contribution is 2.21. The lowest BCUT2D eigenvalue weighted by atomic mass is 10.2. The fourth-order valence-electron chi connectivity index (χ4n) is 3.13. The number of nitro benzene ring substituents is 1. The molecular weight excluding hydrogens is 493 g/mol. The Morgan fingerprint density at radius 3 is 2.13 bits per heavy atom. The van der Waals surface area contributed by atoms with Crippen LogP contribution in [-0.4, -0.2) is 19.2 Å². The third-order valence-corrected chi connectivity index (χ3v) is 8.53. The van der Waals surface area contributed by atoms with Crippen LogP contribution in [-0.2, 0) is 18.0 Å². The number of nitro groups is 1. The van der Waals surface area contributed by atoms with Crippen molar-refractivity contribution in [1.82, 2.24) is 0 Å². The first-order valence-electron chi connectivity index (χ1n) is 9.83. The number of hydrogen-bond donors (Lipinski definition) is 0. The SMILES string of the molecule is C[Si](C)(COc1ccc(COCc2ccc(P)cc2)cc1)c1cc(Br)ccc1[N+](=O)[O-]. The van der Waals surface area contributed by atoms with E-state index in [9.17, 15) is 10.1 Å². The van der Waals surface area contributed by atoms with Crippen LogP contribution in [0, 0.1) is 10.1 Å². The molecule has 3 aromatic rings. The second-order valence-corrected chi connectivity index (χ2v) is 14.1. The van der Waals surface area contributed by atoms with Gasteiger partial charge in [0.1, 0.15) is 13.8 Å². The van der Waals surface area contributed by atoms with Gasteiger partial charge in [-0.3, -0.25) is 10.1 Å². The smallest absolute Gasteiger partial charge is 0.268 e. The molecule has 0 spiro atoms. The highest BCUT2D eigenvalue weighted by Gasteiger charge is 2.32. The predicted octanol–water partition coefficient (Wildman–Crippen LogP) is 5.11. The molecule has 5 nitrogen and oxygen atoms in total. The fourth-order valence-corrected chi connectivity index (χ4v) is 6.00. The summed E-state index contributed by atoms with van der Waals surface area (Å²) in [5.74, 6) is 0.748. The van der Waals surface area contributed by atoms with Crippen molar-refractivity contribution in [3.8, 4) is 5.75 Å². The summed E-state index contributed by atoms with van der Waals surface area (Å²) in [5, 5.41) is 13.4. The van der Waals surface area contributed by atoms with E-state index in [-0.39, 0.29) is 10.6 Å². The topological polar surface area (TPSA) is 61.6 Å². The third kappa shape index (κ3) is 6.71. The van der Waals surface area contributed by atoms with Crippen LogP contribution in [0.25, 0.3) is 0 Å². The molecule has 0 amide bonds. The van der Waals surface area contributed by atoms with Crippen molar-refractivity contribution in [3.05, 3.63) is 92.4 Å². The summed E-state index contributed by atoms with van der Waals surface area (Å²) in [6.07, 6.45) is 0.450. The van der Waals surface area contributed by atoms with Crippen molar-refractivity contribution in [2.24, 2.45) is 0 Å². The molecule has 0 N–H and O–H groups in total. The second kappa shape index (κ2) is 10.5. The maximum atomic E-state index is 11.4. The van der Waals surface area contributed by atoms with Gasteiger partial charge in [0.15, 0.2) is 0 Å². The highest BCUT2D eigenvalue weighted by molar-refractivity contribution is 9.10. The van der Waals surface area contributed by atoms with Crippen LogP contribution >= 0.6 is 25.2 Å². The fraction of sp³-hybridized carbons (Fsp3) is 0.217. The Kier molecular flexibility index (Phi) is 8.00. The van der Waals surface area contributed by atoms with E-state index in [0.717, 1.165) is 31.8 Å². The summed E-state index contributed by atoms with van der Waals surface area (Å²) < 4.78 is 12.7. The van der Waals surface area contributed by atoms with E-state index < -0.39 is 8.07 Å². The van der Waals surface area contributed by atoms with Gasteiger partial charge in [0.05, 0.1) is 24.4 Å². The lowest BCUT2D eigenvalue weighted by molar-refractivity contribution is -0.383. The van der Waals surface area contributed by atoms with Gasteiger partial charge in [-0.1, -0.05) is 65.4 Å². The number of halogens is 1. The van der Waals surface area contributed by atoms with Gasteiger partial charge in [-0.15, -0.1) is 9.24 Å². The Balaban J connectivity index is 1.56. The average molecular weight is 518 g/mol. The quantitative estimate of drug-likeness (QED) is 0.171. The van der Waals surface area contributed by atoms with Gasteiger partial charge < -0.3 is 9.47 Å². The van der Waals surface area contributed by atoms with E-state index in [1.807, 2.05) is 42.5 Å². The summed E-state index contributed by atoms with van der Waals surface area (Å²) in [6, 6.07) is 21.1. The van der Waals surface area contributed by atoms with E-state index in [1.165, 1.54) is 0 Å². The average Bonchev–Trinajstić information content (AvgIpc) is 2.74. The van der Waals surface area contributed by atoms with E-state index in [2.05, 4.69) is 50.4 Å². The first kappa shape index (κ1) is 23.6. The minimum absolute atomic E-state index is 0.156. The van der Waals surface area contributed by atoms with Crippen molar-refractivity contribution >= 4 is 49.4 Å². The van der Waals surface area contributed by atoms with Crippen LogP contribution in [0.2, 0.25) is 13.1 Å². The molecule has 0 aromatic heterocycles. The van der Waals surface area contributed by atoms with Gasteiger partial charge in [-0.05, 0) is 40.7 Å². The zero-order valence-corrected chi connectivity index (χ0v) is 21.2. The molecule has 0 radical (unpaired) electrons. The maximum absolute atomic E-state index is 11.4. The molecule has 3 aromatic carbocycles. The zero-order valence-electron chi connectivity index (χ0n) is 17.5. The Bertz CT molecular complexity index is 1040. The lowest BCUT2D eigenvalue weighted by Crippen LogP contribution is -2.48. The molecule has 0 aliphatic rings. The number of benzene rings is 3. The molecule has 31 heavy (non-hydrogen) atoms. The Morgan fingerprint density at radius 1 is 0.968 bits per heavy atom. The first-order chi connectivity index (χ1) is 14.7. The molecule has 0 saturated heterocycles. The number of nitrogens with zero attached hydrogens (tertiary/aromatic N) is 1. The standard InChI is InChI=1S/C23H25BrNO4PSi/c1-31(2,23-13-19(24)7-12-22(23)25(26)27)16-29-20-8-3-17(4-9-20)14-28-15-18-5-10-21(30)11-6-18/h3-13H,14-16,30H2,1-2H3. The molecule has 3 rings (SSSR count). The highest BCUT2D eigenvalue weighted by atomic mass is 79.9. The number of rotatable bonds is 9. The third-order valence-electron chi connectivity index (χ3n) is 4.92. The van der Waals surface area contributed by atoms with Crippen LogP contribution in [0.4, 0.5) is 5.69 Å². The normalized spacial score (nSPS) is 11.4. The second-order valence-electron chi connectivity index (χ2n) is 7.97. The molecule has 162 valence electrons. The number of hydrogen-bond acceptors (Lipinski definition) is 4. The van der Waals surface area contributed by atoms with Crippen molar-refractivity contribution in [2.45, 2.75) is 26.3 Å². The minimum Gasteiger partial charge on any atom is -0.497 e. The summed E-state index contributed by atoms with van der Waals surface area (Å²) in [6.45, 7) is 5.24. The van der Waals surface area contributed by atoms with Crippen molar-refractivity contribution < 1.29 is 14.4 Å². The molecule has 0 aliphatic carbocycles. The molecule has 0 heterocycles. The summed E-state index contributed by atoms with van der Waals surface area (Å²) in [5.41, 5.74) is 2.36.